The van der Waals surface area contributed by atoms with Crippen molar-refractivity contribution in [3.05, 3.63) is 95.6 Å². The smallest absolute Gasteiger partial charge is 0.226 e. The van der Waals surface area contributed by atoms with Crippen molar-refractivity contribution in [3.63, 3.8) is 0 Å². The van der Waals surface area contributed by atoms with Crippen LogP contribution in [0, 0.1) is 11.7 Å². The number of halogens is 1. The molecule has 0 radical (unpaired) electrons. The summed E-state index contributed by atoms with van der Waals surface area (Å²) in [6, 6.07) is 21.6. The molecule has 166 valence electrons. The van der Waals surface area contributed by atoms with Crippen molar-refractivity contribution in [1.29, 1.82) is 0 Å². The second-order valence-corrected chi connectivity index (χ2v) is 9.37. The first-order valence-corrected chi connectivity index (χ1v) is 11.9. The van der Waals surface area contributed by atoms with Gasteiger partial charge in [-0.2, -0.15) is 0 Å². The molecule has 2 fully saturated rings. The largest absolute Gasteiger partial charge is 0.345 e. The van der Waals surface area contributed by atoms with Crippen molar-refractivity contribution >= 4 is 5.91 Å². The fraction of sp³-hybridized carbons (Fsp3) is 0.393. The zero-order valence-corrected chi connectivity index (χ0v) is 18.5. The SMILES string of the molecule is O=C(C1CC1c1ccccc1)N(Cc1cccn1Cc1ccc(F)cc1)C1CCCCC1. The van der Waals surface area contributed by atoms with Crippen LogP contribution in [0.25, 0.3) is 0 Å². The van der Waals surface area contributed by atoms with E-state index in [1.807, 2.05) is 24.3 Å². The van der Waals surface area contributed by atoms with E-state index in [0.29, 0.717) is 31.0 Å². The topological polar surface area (TPSA) is 25.2 Å². The molecule has 3 aromatic rings. The van der Waals surface area contributed by atoms with Crippen LogP contribution in [0.1, 0.15) is 61.3 Å². The fourth-order valence-electron chi connectivity index (χ4n) is 5.24. The molecule has 2 saturated carbocycles. The van der Waals surface area contributed by atoms with Crippen LogP contribution in [0.3, 0.4) is 0 Å². The van der Waals surface area contributed by atoms with Crippen LogP contribution in [0.2, 0.25) is 0 Å². The average Bonchev–Trinajstić information content (AvgIpc) is 3.53. The molecular weight excluding hydrogens is 399 g/mol. The van der Waals surface area contributed by atoms with Gasteiger partial charge >= 0.3 is 0 Å². The summed E-state index contributed by atoms with van der Waals surface area (Å²) >= 11 is 0. The van der Waals surface area contributed by atoms with Crippen molar-refractivity contribution in [2.75, 3.05) is 0 Å². The first-order chi connectivity index (χ1) is 15.7. The number of nitrogens with zero attached hydrogens (tertiary/aromatic N) is 2. The maximum Gasteiger partial charge on any atom is 0.226 e. The third-order valence-corrected chi connectivity index (χ3v) is 7.16. The van der Waals surface area contributed by atoms with Gasteiger partial charge in [-0.05, 0) is 60.6 Å². The lowest BCUT2D eigenvalue weighted by Gasteiger charge is -2.35. The summed E-state index contributed by atoms with van der Waals surface area (Å²) in [4.78, 5) is 15.9. The van der Waals surface area contributed by atoms with Crippen LogP contribution in [-0.2, 0) is 17.9 Å². The maximum atomic E-state index is 13.7. The third kappa shape index (κ3) is 4.64. The second kappa shape index (κ2) is 9.32. The van der Waals surface area contributed by atoms with Crippen molar-refractivity contribution in [3.8, 4) is 0 Å². The number of hydrogen-bond donors (Lipinski definition) is 0. The molecule has 2 unspecified atom stereocenters. The maximum absolute atomic E-state index is 13.7. The Kier molecular flexibility index (Phi) is 6.11. The zero-order chi connectivity index (χ0) is 21.9. The molecule has 2 aromatic carbocycles. The van der Waals surface area contributed by atoms with Gasteiger partial charge in [-0.25, -0.2) is 4.39 Å². The van der Waals surface area contributed by atoms with Gasteiger partial charge in [0.05, 0.1) is 6.54 Å². The number of carbonyl (C=O) groups is 1. The Morgan fingerprint density at radius 1 is 0.938 bits per heavy atom. The summed E-state index contributed by atoms with van der Waals surface area (Å²) in [5.41, 5.74) is 3.49. The highest BCUT2D eigenvalue weighted by atomic mass is 19.1. The van der Waals surface area contributed by atoms with E-state index in [0.717, 1.165) is 30.5 Å². The summed E-state index contributed by atoms with van der Waals surface area (Å²) in [7, 11) is 0. The number of rotatable bonds is 7. The number of aromatic nitrogens is 1. The summed E-state index contributed by atoms with van der Waals surface area (Å²) in [6.07, 6.45) is 8.92. The molecule has 0 saturated heterocycles. The van der Waals surface area contributed by atoms with E-state index >= 15 is 0 Å². The number of hydrogen-bond acceptors (Lipinski definition) is 1. The molecule has 32 heavy (non-hydrogen) atoms. The first kappa shape index (κ1) is 21.0. The van der Waals surface area contributed by atoms with Gasteiger partial charge in [0.25, 0.3) is 0 Å². The molecule has 5 rings (SSSR count). The highest BCUT2D eigenvalue weighted by Gasteiger charge is 2.46. The third-order valence-electron chi connectivity index (χ3n) is 7.16. The van der Waals surface area contributed by atoms with Crippen molar-refractivity contribution in [1.82, 2.24) is 9.47 Å². The molecule has 4 heteroatoms. The molecule has 0 aliphatic heterocycles. The molecule has 2 aliphatic carbocycles. The van der Waals surface area contributed by atoms with Gasteiger partial charge in [0.15, 0.2) is 0 Å². The lowest BCUT2D eigenvalue weighted by Crippen LogP contribution is -2.42. The Balaban J connectivity index is 1.34. The predicted molar refractivity (Wildman–Crippen MR) is 125 cm³/mol. The minimum Gasteiger partial charge on any atom is -0.345 e. The molecule has 0 spiro atoms. The Morgan fingerprint density at radius 3 is 2.44 bits per heavy atom. The highest BCUT2D eigenvalue weighted by molar-refractivity contribution is 5.83. The first-order valence-electron chi connectivity index (χ1n) is 11.9. The van der Waals surface area contributed by atoms with E-state index in [2.05, 4.69) is 46.0 Å². The van der Waals surface area contributed by atoms with Gasteiger partial charge in [0.1, 0.15) is 5.82 Å². The van der Waals surface area contributed by atoms with E-state index in [-0.39, 0.29) is 11.7 Å². The van der Waals surface area contributed by atoms with Gasteiger partial charge in [-0.1, -0.05) is 61.7 Å². The number of amides is 1. The number of carbonyl (C=O) groups excluding carboxylic acids is 1. The average molecular weight is 431 g/mol. The van der Waals surface area contributed by atoms with Gasteiger partial charge < -0.3 is 9.47 Å². The molecule has 2 atom stereocenters. The summed E-state index contributed by atoms with van der Waals surface area (Å²) in [5.74, 6) is 0.578. The summed E-state index contributed by atoms with van der Waals surface area (Å²) in [6.45, 7) is 1.33. The molecule has 0 N–H and O–H groups in total. The van der Waals surface area contributed by atoms with Crippen LogP contribution in [0.5, 0.6) is 0 Å². The fourth-order valence-corrected chi connectivity index (χ4v) is 5.24. The molecule has 1 heterocycles. The van der Waals surface area contributed by atoms with Gasteiger partial charge in [0.2, 0.25) is 5.91 Å². The van der Waals surface area contributed by atoms with Crippen LogP contribution in [-0.4, -0.2) is 21.4 Å². The molecule has 0 bridgehead atoms. The predicted octanol–water partition coefficient (Wildman–Crippen LogP) is 6.14. The Hall–Kier alpha value is -2.88. The summed E-state index contributed by atoms with van der Waals surface area (Å²) < 4.78 is 15.5. The second-order valence-electron chi connectivity index (χ2n) is 9.37. The lowest BCUT2D eigenvalue weighted by atomic mass is 9.93. The molecule has 2 aliphatic rings. The highest BCUT2D eigenvalue weighted by Crippen LogP contribution is 2.49. The van der Waals surface area contributed by atoms with Crippen LogP contribution >= 0.6 is 0 Å². The van der Waals surface area contributed by atoms with Gasteiger partial charge in [-0.3, -0.25) is 4.79 Å². The van der Waals surface area contributed by atoms with Crippen molar-refractivity contribution in [2.45, 2.75) is 63.6 Å². The van der Waals surface area contributed by atoms with Crippen LogP contribution in [0.4, 0.5) is 4.39 Å². The normalized spacial score (nSPS) is 20.8. The van der Waals surface area contributed by atoms with E-state index < -0.39 is 0 Å². The summed E-state index contributed by atoms with van der Waals surface area (Å²) in [5, 5.41) is 0. The molecule has 1 amide bonds. The Bertz CT molecular complexity index is 1040. The monoisotopic (exact) mass is 430 g/mol. The Morgan fingerprint density at radius 2 is 1.69 bits per heavy atom. The zero-order valence-electron chi connectivity index (χ0n) is 18.5. The standard InChI is InChI=1S/C28H31FN2O/c29-23-15-13-21(14-16-23)19-30-17-7-12-25(30)20-31(24-10-5-2-6-11-24)28(32)27-18-26(27)22-8-3-1-4-9-22/h1,3-4,7-9,12-17,24,26-27H,2,5-6,10-11,18-20H2. The Labute approximate surface area is 189 Å². The quantitative estimate of drug-likeness (QED) is 0.442. The van der Waals surface area contributed by atoms with Gasteiger partial charge in [-0.15, -0.1) is 0 Å². The minimum absolute atomic E-state index is 0.111. The molecule has 3 nitrogen and oxygen atoms in total. The molecular formula is C28H31FN2O. The van der Waals surface area contributed by atoms with Crippen LogP contribution in [0.15, 0.2) is 72.9 Å². The van der Waals surface area contributed by atoms with Crippen LogP contribution < -0.4 is 0 Å². The van der Waals surface area contributed by atoms with Crippen molar-refractivity contribution in [2.24, 2.45) is 5.92 Å². The van der Waals surface area contributed by atoms with E-state index in [1.165, 1.54) is 37.0 Å². The van der Waals surface area contributed by atoms with E-state index in [1.54, 1.807) is 0 Å². The van der Waals surface area contributed by atoms with E-state index in [9.17, 15) is 9.18 Å². The van der Waals surface area contributed by atoms with Crippen molar-refractivity contribution < 1.29 is 9.18 Å². The van der Waals surface area contributed by atoms with Gasteiger partial charge in [0, 0.05) is 30.4 Å². The number of benzene rings is 2. The minimum atomic E-state index is -0.215. The lowest BCUT2D eigenvalue weighted by molar-refractivity contribution is -0.136. The van der Waals surface area contributed by atoms with E-state index in [4.69, 9.17) is 0 Å². The molecule has 1 aromatic heterocycles.